The van der Waals surface area contributed by atoms with Gasteiger partial charge in [0.2, 0.25) is 0 Å². The van der Waals surface area contributed by atoms with E-state index in [0.717, 1.165) is 6.42 Å². The van der Waals surface area contributed by atoms with Crippen LogP contribution in [0.25, 0.3) is 0 Å². The highest BCUT2D eigenvalue weighted by Gasteiger charge is 2.06. The van der Waals surface area contributed by atoms with Gasteiger partial charge in [0.25, 0.3) is 0 Å². The summed E-state index contributed by atoms with van der Waals surface area (Å²) in [5.74, 6) is 2.15. The number of ether oxygens (including phenoxy) is 1. The Morgan fingerprint density at radius 3 is 2.43 bits per heavy atom. The second-order valence-electron chi connectivity index (χ2n) is 5.30. The van der Waals surface area contributed by atoms with E-state index in [1.165, 1.54) is 44.1 Å². The van der Waals surface area contributed by atoms with E-state index in [0.29, 0.717) is 12.0 Å². The molecule has 0 unspecified atom stereocenters. The van der Waals surface area contributed by atoms with Crippen LogP contribution in [0.2, 0.25) is 0 Å². The van der Waals surface area contributed by atoms with Crippen molar-refractivity contribution < 1.29 is 9.53 Å². The third-order valence-electron chi connectivity index (χ3n) is 3.49. The highest BCUT2D eigenvalue weighted by Crippen LogP contribution is 2.11. The van der Waals surface area contributed by atoms with Crippen LogP contribution >= 0.6 is 0 Å². The number of hydrogen-bond donors (Lipinski definition) is 0. The van der Waals surface area contributed by atoms with Gasteiger partial charge in [-0.15, -0.1) is 12.3 Å². The first kappa shape index (κ1) is 17.3. The van der Waals surface area contributed by atoms with Gasteiger partial charge >= 0.3 is 5.97 Å². The number of unbranched alkanes of at least 4 members (excludes halogenated alkanes) is 5. The average molecular weight is 286 g/mol. The molecule has 1 aromatic carbocycles. The molecule has 2 nitrogen and oxygen atoms in total. The van der Waals surface area contributed by atoms with E-state index < -0.39 is 0 Å². The molecule has 1 rings (SSSR count). The predicted molar refractivity (Wildman–Crippen MR) is 87.3 cm³/mol. The van der Waals surface area contributed by atoms with Crippen LogP contribution in [0, 0.1) is 12.3 Å². The highest BCUT2D eigenvalue weighted by atomic mass is 16.5. The van der Waals surface area contributed by atoms with Crippen molar-refractivity contribution in [3.05, 3.63) is 35.4 Å². The van der Waals surface area contributed by atoms with Crippen LogP contribution in [0.4, 0.5) is 0 Å². The van der Waals surface area contributed by atoms with Gasteiger partial charge in [-0.05, 0) is 30.5 Å². The van der Waals surface area contributed by atoms with Crippen LogP contribution in [0.15, 0.2) is 24.3 Å². The molecule has 0 aliphatic heterocycles. The van der Waals surface area contributed by atoms with E-state index in [1.54, 1.807) is 0 Å². The molecule has 0 aliphatic carbocycles. The average Bonchev–Trinajstić information content (AvgIpc) is 2.51. The van der Waals surface area contributed by atoms with Crippen molar-refractivity contribution in [2.75, 3.05) is 6.61 Å². The second-order valence-corrected chi connectivity index (χ2v) is 5.30. The Balaban J connectivity index is 2.27. The molecule has 0 atom stereocenters. The molecule has 2 heteroatoms. The fourth-order valence-electron chi connectivity index (χ4n) is 2.20. The van der Waals surface area contributed by atoms with Gasteiger partial charge in [-0.1, -0.05) is 51.2 Å². The lowest BCUT2D eigenvalue weighted by atomic mass is 10.0. The molecular formula is C19H26O2. The van der Waals surface area contributed by atoms with E-state index in [4.69, 9.17) is 11.2 Å². The molecular weight excluding hydrogens is 260 g/mol. The van der Waals surface area contributed by atoms with Crippen LogP contribution in [0.3, 0.4) is 0 Å². The summed E-state index contributed by atoms with van der Waals surface area (Å²) in [6.07, 6.45) is 14.5. The molecule has 0 aliphatic rings. The van der Waals surface area contributed by atoms with E-state index in [-0.39, 0.29) is 12.6 Å². The van der Waals surface area contributed by atoms with Gasteiger partial charge < -0.3 is 4.74 Å². The molecule has 0 heterocycles. The highest BCUT2D eigenvalue weighted by molar-refractivity contribution is 5.89. The third-order valence-corrected chi connectivity index (χ3v) is 3.49. The normalized spacial score (nSPS) is 10.1. The molecule has 0 amide bonds. The number of carbonyl (C=O) groups is 1. The van der Waals surface area contributed by atoms with Crippen LogP contribution < -0.4 is 0 Å². The lowest BCUT2D eigenvalue weighted by Crippen LogP contribution is -2.06. The minimum absolute atomic E-state index is 0.287. The molecule has 0 spiro atoms. The van der Waals surface area contributed by atoms with Crippen molar-refractivity contribution in [3.63, 3.8) is 0 Å². The lowest BCUT2D eigenvalue weighted by Gasteiger charge is -2.05. The van der Waals surface area contributed by atoms with Crippen LogP contribution in [0.5, 0.6) is 0 Å². The van der Waals surface area contributed by atoms with Gasteiger partial charge in [0.1, 0.15) is 6.61 Å². The second kappa shape index (κ2) is 11.0. The van der Waals surface area contributed by atoms with Crippen molar-refractivity contribution >= 4 is 5.97 Å². The first-order valence-corrected chi connectivity index (χ1v) is 7.97. The summed E-state index contributed by atoms with van der Waals surface area (Å²) >= 11 is 0. The number of rotatable bonds is 10. The zero-order valence-electron chi connectivity index (χ0n) is 13.1. The first-order valence-electron chi connectivity index (χ1n) is 7.97. The first-order chi connectivity index (χ1) is 10.3. The predicted octanol–water partition coefficient (Wildman–Crippen LogP) is 4.77. The molecule has 0 aromatic heterocycles. The van der Waals surface area contributed by atoms with Gasteiger partial charge in [0.15, 0.2) is 0 Å². The van der Waals surface area contributed by atoms with Crippen LogP contribution in [0.1, 0.15) is 67.8 Å². The van der Waals surface area contributed by atoms with E-state index in [1.807, 2.05) is 24.3 Å². The maximum atomic E-state index is 11.7. The van der Waals surface area contributed by atoms with E-state index in [9.17, 15) is 4.79 Å². The number of aryl methyl sites for hydroxylation is 1. The fourth-order valence-corrected chi connectivity index (χ4v) is 2.20. The standard InChI is InChI=1S/C19H26O2/c1-3-5-7-8-9-10-11-17-12-14-18(15-13-17)19(20)21-16-6-4-2/h2,12-15H,3,5-11,16H2,1H3. The van der Waals surface area contributed by atoms with Crippen molar-refractivity contribution in [3.8, 4) is 12.3 Å². The molecule has 21 heavy (non-hydrogen) atoms. The number of carbonyl (C=O) groups excluding carboxylic acids is 1. The lowest BCUT2D eigenvalue weighted by molar-refractivity contribution is 0.0513. The van der Waals surface area contributed by atoms with E-state index in [2.05, 4.69) is 12.8 Å². The molecule has 0 N–H and O–H groups in total. The molecule has 0 bridgehead atoms. The summed E-state index contributed by atoms with van der Waals surface area (Å²) in [6.45, 7) is 2.52. The Morgan fingerprint density at radius 1 is 1.10 bits per heavy atom. The maximum absolute atomic E-state index is 11.7. The van der Waals surface area contributed by atoms with Gasteiger partial charge in [-0.25, -0.2) is 4.79 Å². The van der Waals surface area contributed by atoms with Crippen LogP contribution in [-0.2, 0) is 11.2 Å². The summed E-state index contributed by atoms with van der Waals surface area (Å²) in [5, 5.41) is 0. The molecule has 0 saturated carbocycles. The van der Waals surface area contributed by atoms with Gasteiger partial charge in [0.05, 0.1) is 5.56 Å². The number of benzene rings is 1. The zero-order chi connectivity index (χ0) is 15.3. The van der Waals surface area contributed by atoms with Crippen molar-refractivity contribution in [1.82, 2.24) is 0 Å². The van der Waals surface area contributed by atoms with Crippen LogP contribution in [-0.4, -0.2) is 12.6 Å². The minimum atomic E-state index is -0.295. The Hall–Kier alpha value is -1.75. The molecule has 0 radical (unpaired) electrons. The van der Waals surface area contributed by atoms with Gasteiger partial charge in [0, 0.05) is 6.42 Å². The molecule has 0 saturated heterocycles. The minimum Gasteiger partial charge on any atom is -0.461 e. The Morgan fingerprint density at radius 2 is 1.76 bits per heavy atom. The number of hydrogen-bond acceptors (Lipinski definition) is 2. The molecule has 1 aromatic rings. The summed E-state index contributed by atoms with van der Waals surface area (Å²) in [7, 11) is 0. The smallest absolute Gasteiger partial charge is 0.338 e. The Kier molecular flexibility index (Phi) is 9.04. The fraction of sp³-hybridized carbons (Fsp3) is 0.526. The maximum Gasteiger partial charge on any atom is 0.338 e. The van der Waals surface area contributed by atoms with Crippen molar-refractivity contribution in [2.24, 2.45) is 0 Å². The quantitative estimate of drug-likeness (QED) is 0.352. The largest absolute Gasteiger partial charge is 0.461 e. The number of terminal acetylenes is 1. The van der Waals surface area contributed by atoms with Gasteiger partial charge in [-0.3, -0.25) is 0 Å². The van der Waals surface area contributed by atoms with E-state index >= 15 is 0 Å². The third kappa shape index (κ3) is 7.56. The summed E-state index contributed by atoms with van der Waals surface area (Å²) in [5.41, 5.74) is 1.88. The Bertz CT molecular complexity index is 440. The molecule has 0 fully saturated rings. The monoisotopic (exact) mass is 286 g/mol. The summed E-state index contributed by atoms with van der Waals surface area (Å²) < 4.78 is 5.06. The molecule has 114 valence electrons. The SMILES string of the molecule is C#CCCOC(=O)c1ccc(CCCCCCCC)cc1. The summed E-state index contributed by atoms with van der Waals surface area (Å²) in [6, 6.07) is 7.71. The topological polar surface area (TPSA) is 26.3 Å². The Labute approximate surface area is 128 Å². The zero-order valence-corrected chi connectivity index (χ0v) is 13.1. The van der Waals surface area contributed by atoms with Gasteiger partial charge in [-0.2, -0.15) is 0 Å². The van der Waals surface area contributed by atoms with Crippen molar-refractivity contribution in [2.45, 2.75) is 58.3 Å². The number of esters is 1. The van der Waals surface area contributed by atoms with Crippen molar-refractivity contribution in [1.29, 1.82) is 0 Å². The summed E-state index contributed by atoms with van der Waals surface area (Å²) in [4.78, 5) is 11.7.